The minimum atomic E-state index is -0.684. The Morgan fingerprint density at radius 3 is 2.75 bits per heavy atom. The summed E-state index contributed by atoms with van der Waals surface area (Å²) in [6.45, 7) is 3.68. The quantitative estimate of drug-likeness (QED) is 0.533. The van der Waals surface area contributed by atoms with Crippen molar-refractivity contribution in [3.8, 4) is 0 Å². The number of aryl methyl sites for hydroxylation is 2. The Labute approximate surface area is 122 Å². The van der Waals surface area contributed by atoms with Gasteiger partial charge >= 0.3 is 0 Å². The fourth-order valence-electron chi connectivity index (χ4n) is 1.44. The monoisotopic (exact) mass is 312 g/mol. The smallest absolute Gasteiger partial charge is 0.298 e. The number of halogens is 1. The van der Waals surface area contributed by atoms with Crippen LogP contribution in [0.25, 0.3) is 0 Å². The standard InChI is InChI=1S/C11H9ClN4O3S/c1-5-6(2)20-11(14-5)15-10(17)7-3-9(12)13-4-8(7)16(18)19/h3-4H,1-2H3,(H,14,15,17). The van der Waals surface area contributed by atoms with Crippen LogP contribution in [0.2, 0.25) is 5.15 Å². The average molecular weight is 313 g/mol. The van der Waals surface area contributed by atoms with Crippen molar-refractivity contribution in [2.24, 2.45) is 0 Å². The molecule has 0 aliphatic rings. The van der Waals surface area contributed by atoms with Crippen LogP contribution in [0.4, 0.5) is 10.8 Å². The molecule has 2 aromatic rings. The fraction of sp³-hybridized carbons (Fsp3) is 0.182. The van der Waals surface area contributed by atoms with Crippen molar-refractivity contribution in [1.82, 2.24) is 9.97 Å². The number of aromatic nitrogens is 2. The lowest BCUT2D eigenvalue weighted by molar-refractivity contribution is -0.385. The van der Waals surface area contributed by atoms with Gasteiger partial charge in [0.1, 0.15) is 16.9 Å². The summed E-state index contributed by atoms with van der Waals surface area (Å²) in [7, 11) is 0. The van der Waals surface area contributed by atoms with E-state index in [-0.39, 0.29) is 10.7 Å². The number of nitro groups is 1. The molecule has 0 unspecified atom stereocenters. The summed E-state index contributed by atoms with van der Waals surface area (Å²) in [6, 6.07) is 1.16. The zero-order valence-corrected chi connectivity index (χ0v) is 12.1. The number of rotatable bonds is 3. The highest BCUT2D eigenvalue weighted by Gasteiger charge is 2.22. The minimum absolute atomic E-state index is 0.00671. The largest absolute Gasteiger partial charge is 0.300 e. The molecule has 0 radical (unpaired) electrons. The van der Waals surface area contributed by atoms with E-state index in [1.807, 2.05) is 13.8 Å². The van der Waals surface area contributed by atoms with Gasteiger partial charge in [0.2, 0.25) is 0 Å². The van der Waals surface area contributed by atoms with E-state index in [4.69, 9.17) is 11.6 Å². The SMILES string of the molecule is Cc1nc(NC(=O)c2cc(Cl)ncc2[N+](=O)[O-])sc1C. The van der Waals surface area contributed by atoms with Crippen molar-refractivity contribution in [2.75, 3.05) is 5.32 Å². The molecule has 0 spiro atoms. The van der Waals surface area contributed by atoms with Crippen LogP contribution in [0.1, 0.15) is 20.9 Å². The first-order chi connectivity index (χ1) is 9.38. The van der Waals surface area contributed by atoms with Gasteiger partial charge in [-0.1, -0.05) is 11.6 Å². The van der Waals surface area contributed by atoms with Crippen molar-refractivity contribution in [3.63, 3.8) is 0 Å². The van der Waals surface area contributed by atoms with Gasteiger partial charge in [-0.25, -0.2) is 9.97 Å². The molecule has 0 aromatic carbocycles. The van der Waals surface area contributed by atoms with Crippen molar-refractivity contribution in [3.05, 3.63) is 43.7 Å². The Hall–Kier alpha value is -2.06. The molecule has 104 valence electrons. The number of amides is 1. The van der Waals surface area contributed by atoms with Crippen LogP contribution in [-0.4, -0.2) is 20.8 Å². The van der Waals surface area contributed by atoms with Crippen LogP contribution in [0.3, 0.4) is 0 Å². The number of nitrogens with zero attached hydrogens (tertiary/aromatic N) is 3. The van der Waals surface area contributed by atoms with Crippen LogP contribution in [0.15, 0.2) is 12.3 Å². The average Bonchev–Trinajstić information content (AvgIpc) is 2.67. The van der Waals surface area contributed by atoms with Gasteiger partial charge in [-0.15, -0.1) is 11.3 Å². The summed E-state index contributed by atoms with van der Waals surface area (Å²) < 4.78 is 0. The number of hydrogen-bond acceptors (Lipinski definition) is 6. The van der Waals surface area contributed by atoms with Gasteiger partial charge in [0.05, 0.1) is 10.6 Å². The first-order valence-corrected chi connectivity index (χ1v) is 6.63. The van der Waals surface area contributed by atoms with Crippen molar-refractivity contribution in [1.29, 1.82) is 0 Å². The number of thiazole rings is 1. The number of anilines is 1. The molecule has 0 aliphatic carbocycles. The maximum absolute atomic E-state index is 12.1. The normalized spacial score (nSPS) is 10.3. The first-order valence-electron chi connectivity index (χ1n) is 5.44. The van der Waals surface area contributed by atoms with E-state index in [0.29, 0.717) is 5.13 Å². The molecule has 7 nitrogen and oxygen atoms in total. The highest BCUT2D eigenvalue weighted by atomic mass is 35.5. The number of carbonyl (C=O) groups excluding carboxylic acids is 1. The summed E-state index contributed by atoms with van der Waals surface area (Å²) in [4.78, 5) is 31.0. The highest BCUT2D eigenvalue weighted by molar-refractivity contribution is 7.15. The van der Waals surface area contributed by atoms with Crippen LogP contribution in [-0.2, 0) is 0 Å². The lowest BCUT2D eigenvalue weighted by atomic mass is 10.2. The zero-order chi connectivity index (χ0) is 14.9. The number of hydrogen-bond donors (Lipinski definition) is 1. The molecule has 20 heavy (non-hydrogen) atoms. The van der Waals surface area contributed by atoms with Gasteiger partial charge in [-0.3, -0.25) is 20.2 Å². The van der Waals surface area contributed by atoms with E-state index in [1.165, 1.54) is 11.3 Å². The summed E-state index contributed by atoms with van der Waals surface area (Å²) in [5.74, 6) is -0.644. The van der Waals surface area contributed by atoms with Crippen molar-refractivity contribution in [2.45, 2.75) is 13.8 Å². The van der Waals surface area contributed by atoms with E-state index in [9.17, 15) is 14.9 Å². The molecule has 2 rings (SSSR count). The van der Waals surface area contributed by atoms with Crippen LogP contribution in [0.5, 0.6) is 0 Å². The first kappa shape index (κ1) is 14.4. The number of pyridine rings is 1. The summed E-state index contributed by atoms with van der Waals surface area (Å²) >= 11 is 6.97. The summed E-state index contributed by atoms with van der Waals surface area (Å²) in [5, 5.41) is 13.8. The Morgan fingerprint density at radius 1 is 1.50 bits per heavy atom. The summed E-state index contributed by atoms with van der Waals surface area (Å²) in [5.41, 5.74) is 0.241. The van der Waals surface area contributed by atoms with E-state index < -0.39 is 16.5 Å². The van der Waals surface area contributed by atoms with E-state index in [2.05, 4.69) is 15.3 Å². The molecule has 2 heterocycles. The molecule has 1 N–H and O–H groups in total. The van der Waals surface area contributed by atoms with Gasteiger partial charge in [-0.05, 0) is 19.9 Å². The topological polar surface area (TPSA) is 98.0 Å². The maximum Gasteiger partial charge on any atom is 0.300 e. The molecule has 0 aliphatic heterocycles. The fourth-order valence-corrected chi connectivity index (χ4v) is 2.41. The predicted octanol–water partition coefficient (Wildman–Crippen LogP) is 2.97. The molecule has 2 aromatic heterocycles. The Balaban J connectivity index is 2.33. The van der Waals surface area contributed by atoms with Crippen molar-refractivity contribution < 1.29 is 9.72 Å². The number of carbonyl (C=O) groups is 1. The van der Waals surface area contributed by atoms with Crippen molar-refractivity contribution >= 4 is 39.7 Å². The lowest BCUT2D eigenvalue weighted by Crippen LogP contribution is -2.14. The molecule has 0 bridgehead atoms. The molecule has 0 fully saturated rings. The lowest BCUT2D eigenvalue weighted by Gasteiger charge is -2.03. The summed E-state index contributed by atoms with van der Waals surface area (Å²) in [6.07, 6.45) is 0.954. The van der Waals surface area contributed by atoms with Gasteiger partial charge < -0.3 is 0 Å². The molecular formula is C11H9ClN4O3S. The Morgan fingerprint density at radius 2 is 2.20 bits per heavy atom. The van der Waals surface area contributed by atoms with Gasteiger partial charge in [-0.2, -0.15) is 0 Å². The number of nitrogens with one attached hydrogen (secondary N) is 1. The third-order valence-corrected chi connectivity index (χ3v) is 3.73. The molecule has 0 atom stereocenters. The van der Waals surface area contributed by atoms with E-state index in [1.54, 1.807) is 0 Å². The van der Waals surface area contributed by atoms with Crippen LogP contribution >= 0.6 is 22.9 Å². The van der Waals surface area contributed by atoms with Gasteiger partial charge in [0.15, 0.2) is 5.13 Å². The predicted molar refractivity (Wildman–Crippen MR) is 75.4 cm³/mol. The second-order valence-electron chi connectivity index (χ2n) is 3.90. The third-order valence-electron chi connectivity index (χ3n) is 2.54. The Kier molecular flexibility index (Phi) is 3.96. The molecule has 1 amide bonds. The van der Waals surface area contributed by atoms with E-state index >= 15 is 0 Å². The second kappa shape index (κ2) is 5.51. The maximum atomic E-state index is 12.1. The third kappa shape index (κ3) is 2.91. The molecule has 0 saturated heterocycles. The second-order valence-corrected chi connectivity index (χ2v) is 5.49. The zero-order valence-electron chi connectivity index (χ0n) is 10.5. The van der Waals surface area contributed by atoms with Gasteiger partial charge in [0, 0.05) is 4.88 Å². The van der Waals surface area contributed by atoms with Crippen LogP contribution < -0.4 is 5.32 Å². The molecular weight excluding hydrogens is 304 g/mol. The molecule has 9 heteroatoms. The minimum Gasteiger partial charge on any atom is -0.298 e. The Bertz CT molecular complexity index is 681. The van der Waals surface area contributed by atoms with E-state index in [0.717, 1.165) is 22.8 Å². The highest BCUT2D eigenvalue weighted by Crippen LogP contribution is 2.24. The molecule has 0 saturated carbocycles. The van der Waals surface area contributed by atoms with Gasteiger partial charge in [0.25, 0.3) is 11.6 Å². The van der Waals surface area contributed by atoms with Crippen LogP contribution in [0, 0.1) is 24.0 Å².